The van der Waals surface area contributed by atoms with Crippen molar-refractivity contribution in [3.05, 3.63) is 48.6 Å². The monoisotopic (exact) mass is 1050 g/mol. The van der Waals surface area contributed by atoms with Crippen LogP contribution in [0.25, 0.3) is 0 Å². The van der Waals surface area contributed by atoms with Crippen molar-refractivity contribution in [1.82, 2.24) is 5.32 Å². The van der Waals surface area contributed by atoms with E-state index in [0.717, 1.165) is 38.5 Å². The lowest BCUT2D eigenvalue weighted by atomic mass is 10.0. The summed E-state index contributed by atoms with van der Waals surface area (Å²) >= 11 is 0. The largest absolute Gasteiger partial charge is 0.394 e. The number of carbonyl (C=O) groups is 1. The third-order valence-electron chi connectivity index (χ3n) is 16.0. The van der Waals surface area contributed by atoms with Gasteiger partial charge in [0.15, 0.2) is 0 Å². The van der Waals surface area contributed by atoms with Crippen LogP contribution in [0.4, 0.5) is 0 Å². The minimum atomic E-state index is -0.871. The molecular formula is C71H135NO3. The first kappa shape index (κ1) is 73.3. The summed E-state index contributed by atoms with van der Waals surface area (Å²) in [6, 6.07) is -0.646. The lowest BCUT2D eigenvalue weighted by molar-refractivity contribution is -0.123. The van der Waals surface area contributed by atoms with Crippen molar-refractivity contribution in [2.24, 2.45) is 0 Å². The van der Waals surface area contributed by atoms with Crippen LogP contribution in [-0.2, 0) is 4.79 Å². The maximum Gasteiger partial charge on any atom is 0.220 e. The summed E-state index contributed by atoms with van der Waals surface area (Å²) in [6.45, 7) is 4.33. The molecule has 0 saturated carbocycles. The Morgan fingerprint density at radius 3 is 0.773 bits per heavy atom. The Balaban J connectivity index is 3.45. The molecule has 0 heterocycles. The first-order chi connectivity index (χ1) is 37.2. The van der Waals surface area contributed by atoms with Crippen molar-refractivity contribution in [1.29, 1.82) is 0 Å². The van der Waals surface area contributed by atoms with Crippen LogP contribution in [0.5, 0.6) is 0 Å². The topological polar surface area (TPSA) is 69.6 Å². The van der Waals surface area contributed by atoms with Gasteiger partial charge in [0.2, 0.25) is 5.91 Å². The molecule has 4 heteroatoms. The Hall–Kier alpha value is -1.65. The van der Waals surface area contributed by atoms with E-state index in [1.165, 1.54) is 321 Å². The molecule has 0 aromatic rings. The third-order valence-corrected chi connectivity index (χ3v) is 16.0. The van der Waals surface area contributed by atoms with Gasteiger partial charge >= 0.3 is 0 Å². The van der Waals surface area contributed by atoms with E-state index in [0.29, 0.717) is 6.42 Å². The van der Waals surface area contributed by atoms with Gasteiger partial charge in [-0.05, 0) is 70.6 Å². The summed E-state index contributed by atoms with van der Waals surface area (Å²) in [6.07, 6.45) is 93.5. The van der Waals surface area contributed by atoms with E-state index in [4.69, 9.17) is 0 Å². The van der Waals surface area contributed by atoms with Gasteiger partial charge in [-0.3, -0.25) is 4.79 Å². The highest BCUT2D eigenvalue weighted by molar-refractivity contribution is 5.76. The summed E-state index contributed by atoms with van der Waals surface area (Å²) < 4.78 is 0. The molecule has 0 aromatic carbocycles. The van der Waals surface area contributed by atoms with Crippen LogP contribution in [0.3, 0.4) is 0 Å². The standard InChI is InChI=1S/C71H135NO3/c1-3-5-7-9-11-13-15-17-19-21-23-25-27-29-31-32-33-34-35-36-37-38-39-40-41-43-45-47-49-51-53-55-57-59-61-63-65-67-71(75)72-69(68-73)70(74)66-64-62-60-58-56-54-52-50-48-46-44-42-30-28-26-24-22-20-18-16-14-12-10-8-6-4-2/h21,23,48,50,56,58,64,66,69-70,73-74H,3-20,22,24-47,49,51-55,57,59-63,65,67-68H2,1-2H3,(H,72,75)/b23-21-,50-48+,58-56+,66-64+. The van der Waals surface area contributed by atoms with Crippen molar-refractivity contribution in [3.63, 3.8) is 0 Å². The van der Waals surface area contributed by atoms with Crippen LogP contribution < -0.4 is 5.32 Å². The van der Waals surface area contributed by atoms with Crippen LogP contribution in [0.15, 0.2) is 48.6 Å². The van der Waals surface area contributed by atoms with E-state index in [1.807, 2.05) is 6.08 Å². The molecular weight excluding hydrogens is 915 g/mol. The number of allylic oxidation sites excluding steroid dienone is 7. The first-order valence-corrected chi connectivity index (χ1v) is 34.4. The number of aliphatic hydroxyl groups excluding tert-OH is 2. The Labute approximate surface area is 471 Å². The second kappa shape index (κ2) is 66.6. The molecule has 0 saturated heterocycles. The molecule has 4 nitrogen and oxygen atoms in total. The zero-order valence-corrected chi connectivity index (χ0v) is 51.1. The van der Waals surface area contributed by atoms with Crippen molar-refractivity contribution in [2.45, 2.75) is 392 Å². The average Bonchev–Trinajstić information content (AvgIpc) is 3.41. The highest BCUT2D eigenvalue weighted by Crippen LogP contribution is 2.18. The fraction of sp³-hybridized carbons (Fsp3) is 0.873. The van der Waals surface area contributed by atoms with Gasteiger partial charge < -0.3 is 15.5 Å². The second-order valence-corrected chi connectivity index (χ2v) is 23.6. The molecule has 2 atom stereocenters. The molecule has 0 aliphatic heterocycles. The maximum atomic E-state index is 12.5. The fourth-order valence-electron chi connectivity index (χ4n) is 10.8. The molecule has 0 radical (unpaired) electrons. The van der Waals surface area contributed by atoms with Crippen molar-refractivity contribution >= 4 is 5.91 Å². The number of carbonyl (C=O) groups excluding carboxylic acids is 1. The molecule has 1 amide bonds. The highest BCUT2D eigenvalue weighted by atomic mass is 16.3. The Morgan fingerprint density at radius 1 is 0.307 bits per heavy atom. The van der Waals surface area contributed by atoms with Gasteiger partial charge in [0.25, 0.3) is 0 Å². The van der Waals surface area contributed by atoms with E-state index in [2.05, 4.69) is 55.6 Å². The van der Waals surface area contributed by atoms with E-state index < -0.39 is 12.1 Å². The van der Waals surface area contributed by atoms with Gasteiger partial charge in [0.1, 0.15) is 0 Å². The Morgan fingerprint density at radius 2 is 0.520 bits per heavy atom. The molecule has 0 aliphatic rings. The Bertz CT molecular complexity index is 1190. The van der Waals surface area contributed by atoms with Gasteiger partial charge in [-0.1, -0.05) is 351 Å². The summed E-state index contributed by atoms with van der Waals surface area (Å²) in [5.74, 6) is -0.0708. The van der Waals surface area contributed by atoms with Crippen LogP contribution in [0, 0.1) is 0 Å². The van der Waals surface area contributed by atoms with Gasteiger partial charge in [0.05, 0.1) is 18.8 Å². The minimum absolute atomic E-state index is 0.0708. The SMILES string of the molecule is CCCCCCCCCC/C=C\CCCCCCCCCCCCCCCCCCCCCCCCCCCC(=O)NC(CO)C(O)/C=C/CC/C=C/CC/C=C/CCCCCCCCCCCCCCCCCC. The van der Waals surface area contributed by atoms with Gasteiger partial charge in [-0.15, -0.1) is 0 Å². The lowest BCUT2D eigenvalue weighted by Gasteiger charge is -2.19. The Kier molecular flexibility index (Phi) is 65.2. The van der Waals surface area contributed by atoms with Gasteiger partial charge in [-0.25, -0.2) is 0 Å². The predicted molar refractivity (Wildman–Crippen MR) is 336 cm³/mol. The molecule has 0 bridgehead atoms. The predicted octanol–water partition coefficient (Wildman–Crippen LogP) is 23.3. The third kappa shape index (κ3) is 63.1. The van der Waals surface area contributed by atoms with Crippen molar-refractivity contribution in [2.75, 3.05) is 6.61 Å². The molecule has 0 aliphatic carbocycles. The normalized spacial score (nSPS) is 13.0. The summed E-state index contributed by atoms with van der Waals surface area (Å²) in [5.41, 5.74) is 0. The molecule has 0 fully saturated rings. The van der Waals surface area contributed by atoms with Gasteiger partial charge in [-0.2, -0.15) is 0 Å². The van der Waals surface area contributed by atoms with E-state index in [1.54, 1.807) is 6.08 Å². The molecule has 442 valence electrons. The van der Waals surface area contributed by atoms with Gasteiger partial charge in [0, 0.05) is 6.42 Å². The van der Waals surface area contributed by atoms with Crippen molar-refractivity contribution < 1.29 is 15.0 Å². The average molecular weight is 1050 g/mol. The van der Waals surface area contributed by atoms with Crippen LogP contribution >= 0.6 is 0 Å². The summed E-state index contributed by atoms with van der Waals surface area (Å²) in [5, 5.41) is 23.2. The quantitative estimate of drug-likeness (QED) is 0.0420. The van der Waals surface area contributed by atoms with Crippen LogP contribution in [-0.4, -0.2) is 34.9 Å². The van der Waals surface area contributed by atoms with E-state index >= 15 is 0 Å². The fourth-order valence-corrected chi connectivity index (χ4v) is 10.8. The van der Waals surface area contributed by atoms with Crippen LogP contribution in [0.2, 0.25) is 0 Å². The smallest absolute Gasteiger partial charge is 0.220 e. The highest BCUT2D eigenvalue weighted by Gasteiger charge is 2.18. The number of amides is 1. The zero-order chi connectivity index (χ0) is 54.1. The van der Waals surface area contributed by atoms with E-state index in [9.17, 15) is 15.0 Å². The molecule has 2 unspecified atom stereocenters. The number of hydrogen-bond donors (Lipinski definition) is 3. The van der Waals surface area contributed by atoms with E-state index in [-0.39, 0.29) is 12.5 Å². The zero-order valence-electron chi connectivity index (χ0n) is 51.1. The maximum absolute atomic E-state index is 12.5. The summed E-state index contributed by atoms with van der Waals surface area (Å²) in [7, 11) is 0. The molecule has 0 aromatic heterocycles. The molecule has 0 rings (SSSR count). The molecule has 75 heavy (non-hydrogen) atoms. The number of aliphatic hydroxyl groups is 2. The molecule has 3 N–H and O–H groups in total. The van der Waals surface area contributed by atoms with Crippen LogP contribution in [0.1, 0.15) is 380 Å². The second-order valence-electron chi connectivity index (χ2n) is 23.6. The lowest BCUT2D eigenvalue weighted by Crippen LogP contribution is -2.45. The van der Waals surface area contributed by atoms with Crippen molar-refractivity contribution in [3.8, 4) is 0 Å². The minimum Gasteiger partial charge on any atom is -0.394 e. The number of hydrogen-bond acceptors (Lipinski definition) is 3. The first-order valence-electron chi connectivity index (χ1n) is 34.4. The number of unbranched alkanes of at least 4 members (excludes halogenated alkanes) is 51. The summed E-state index contributed by atoms with van der Waals surface area (Å²) in [4.78, 5) is 12.5. The number of nitrogens with one attached hydrogen (secondary N) is 1. The number of rotatable bonds is 64. The molecule has 0 spiro atoms.